The van der Waals surface area contributed by atoms with Gasteiger partial charge in [-0.05, 0) is 13.8 Å². The summed E-state index contributed by atoms with van der Waals surface area (Å²) in [6.45, 7) is 1.91. The molecule has 0 aromatic rings. The minimum absolute atomic E-state index is 0.528. The zero-order valence-corrected chi connectivity index (χ0v) is 6.44. The van der Waals surface area contributed by atoms with E-state index in [4.69, 9.17) is 5.73 Å². The topological polar surface area (TPSA) is 26.0 Å². The summed E-state index contributed by atoms with van der Waals surface area (Å²) in [5.74, 6) is 0. The number of hydrogen-bond acceptors (Lipinski definition) is 1. The average Bonchev–Trinajstić information content (AvgIpc) is 1.62. The highest BCUT2D eigenvalue weighted by molar-refractivity contribution is 7.80. The van der Waals surface area contributed by atoms with Gasteiger partial charge in [-0.25, -0.2) is 0 Å². The molecule has 0 aliphatic rings. The lowest BCUT2D eigenvalue weighted by atomic mass is 9.93. The Kier molecular flexibility index (Phi) is 2.30. The molecule has 1 nitrogen and oxygen atoms in total. The first-order valence-corrected chi connectivity index (χ1v) is 2.97. The first-order chi connectivity index (χ1) is 4.19. The van der Waals surface area contributed by atoms with Crippen LogP contribution in [-0.2, 0) is 0 Å². The van der Waals surface area contributed by atoms with E-state index in [2.05, 4.69) is 12.2 Å². The van der Waals surface area contributed by atoms with Crippen molar-refractivity contribution in [1.82, 2.24) is 0 Å². The number of nitrogens with two attached hydrogens (primary N) is 1. The van der Waals surface area contributed by atoms with Gasteiger partial charge < -0.3 is 5.73 Å². The molecule has 0 aliphatic carbocycles. The third kappa shape index (κ3) is 1.59. The number of thiocarbonyl (C=S) groups is 1. The van der Waals surface area contributed by atoms with Crippen molar-refractivity contribution in [2.24, 2.45) is 11.1 Å². The highest BCUT2D eigenvalue weighted by Crippen LogP contribution is 2.37. The van der Waals surface area contributed by atoms with E-state index in [0.717, 1.165) is 13.8 Å². The Balaban J connectivity index is 4.57. The Morgan fingerprint density at radius 3 is 1.60 bits per heavy atom. The van der Waals surface area contributed by atoms with E-state index in [1.54, 1.807) is 0 Å². The molecule has 0 amide bonds. The van der Waals surface area contributed by atoms with Crippen LogP contribution in [0.25, 0.3) is 0 Å². The molecule has 0 rings (SSSR count). The quantitative estimate of drug-likeness (QED) is 0.609. The van der Waals surface area contributed by atoms with Gasteiger partial charge in [0, 0.05) is 0 Å². The lowest BCUT2D eigenvalue weighted by molar-refractivity contribution is -0.185. The molecule has 0 aromatic carbocycles. The molecule has 60 valence electrons. The molecule has 5 heteroatoms. The zero-order chi connectivity index (χ0) is 8.58. The number of halogens is 3. The molecule has 0 bridgehead atoms. The van der Waals surface area contributed by atoms with Gasteiger partial charge in [-0.1, -0.05) is 12.2 Å². The van der Waals surface area contributed by atoms with Gasteiger partial charge >= 0.3 is 6.18 Å². The summed E-state index contributed by atoms with van der Waals surface area (Å²) in [4.78, 5) is -0.528. The van der Waals surface area contributed by atoms with Crippen molar-refractivity contribution >= 4 is 17.2 Å². The highest BCUT2D eigenvalue weighted by atomic mass is 32.1. The number of alkyl halides is 3. The minimum atomic E-state index is -4.35. The molecule has 0 radical (unpaired) electrons. The number of rotatable bonds is 1. The average molecular weight is 171 g/mol. The molecule has 0 unspecified atom stereocenters. The van der Waals surface area contributed by atoms with Crippen molar-refractivity contribution in [2.75, 3.05) is 0 Å². The SMILES string of the molecule is CC(C)(C(N)=S)C(F)(F)F. The minimum Gasteiger partial charge on any atom is -0.393 e. The molecule has 0 heterocycles. The highest BCUT2D eigenvalue weighted by Gasteiger charge is 2.49. The van der Waals surface area contributed by atoms with Crippen molar-refractivity contribution in [1.29, 1.82) is 0 Å². The van der Waals surface area contributed by atoms with Crippen molar-refractivity contribution in [3.8, 4) is 0 Å². The van der Waals surface area contributed by atoms with Crippen LogP contribution >= 0.6 is 12.2 Å². The van der Waals surface area contributed by atoms with Crippen LogP contribution in [0.3, 0.4) is 0 Å². The Morgan fingerprint density at radius 1 is 1.30 bits per heavy atom. The van der Waals surface area contributed by atoms with Crippen LogP contribution in [-0.4, -0.2) is 11.2 Å². The summed E-state index contributed by atoms with van der Waals surface area (Å²) in [7, 11) is 0. The molecule has 10 heavy (non-hydrogen) atoms. The second-order valence-corrected chi connectivity index (χ2v) is 2.93. The first-order valence-electron chi connectivity index (χ1n) is 2.56. The van der Waals surface area contributed by atoms with Gasteiger partial charge in [0.15, 0.2) is 0 Å². The Bertz CT molecular complexity index is 149. The van der Waals surface area contributed by atoms with Gasteiger partial charge in [0.2, 0.25) is 0 Å². The van der Waals surface area contributed by atoms with Crippen molar-refractivity contribution in [2.45, 2.75) is 20.0 Å². The van der Waals surface area contributed by atoms with E-state index >= 15 is 0 Å². The maximum atomic E-state index is 11.9. The van der Waals surface area contributed by atoms with Crippen molar-refractivity contribution in [3.63, 3.8) is 0 Å². The molecule has 0 fully saturated rings. The third-order valence-electron chi connectivity index (χ3n) is 1.32. The van der Waals surface area contributed by atoms with Gasteiger partial charge in [0.1, 0.15) is 5.41 Å². The van der Waals surface area contributed by atoms with Crippen molar-refractivity contribution < 1.29 is 13.2 Å². The van der Waals surface area contributed by atoms with E-state index in [0.29, 0.717) is 0 Å². The normalized spacial score (nSPS) is 13.3. The van der Waals surface area contributed by atoms with Gasteiger partial charge in [0.25, 0.3) is 0 Å². The van der Waals surface area contributed by atoms with Gasteiger partial charge in [-0.2, -0.15) is 13.2 Å². The predicted molar refractivity (Wildman–Crippen MR) is 36.6 cm³/mol. The molecule has 0 aliphatic heterocycles. The Morgan fingerprint density at radius 2 is 1.60 bits per heavy atom. The maximum absolute atomic E-state index is 11.9. The molecule has 0 atom stereocenters. The fourth-order valence-corrected chi connectivity index (χ4v) is 0.255. The molecule has 0 spiro atoms. The number of hydrogen-bond donors (Lipinski definition) is 1. The van der Waals surface area contributed by atoms with E-state index in [-0.39, 0.29) is 0 Å². The van der Waals surface area contributed by atoms with Crippen LogP contribution < -0.4 is 5.73 Å². The fraction of sp³-hybridized carbons (Fsp3) is 0.800. The third-order valence-corrected chi connectivity index (χ3v) is 1.83. The van der Waals surface area contributed by atoms with Gasteiger partial charge in [0.05, 0.1) is 4.99 Å². The van der Waals surface area contributed by atoms with E-state index in [1.165, 1.54) is 0 Å². The lowest BCUT2D eigenvalue weighted by Gasteiger charge is -2.25. The van der Waals surface area contributed by atoms with E-state index in [9.17, 15) is 13.2 Å². The second-order valence-electron chi connectivity index (χ2n) is 2.49. The molecule has 0 aromatic heterocycles. The summed E-state index contributed by atoms with van der Waals surface area (Å²) in [5, 5.41) is 0. The Labute approximate surface area is 62.4 Å². The van der Waals surface area contributed by atoms with Crippen LogP contribution in [0.4, 0.5) is 13.2 Å². The Hall–Kier alpha value is -0.320. The van der Waals surface area contributed by atoms with Gasteiger partial charge in [-0.15, -0.1) is 0 Å². The largest absolute Gasteiger partial charge is 0.400 e. The van der Waals surface area contributed by atoms with E-state index < -0.39 is 16.6 Å². The molecular formula is C5H8F3NS. The summed E-state index contributed by atoms with van der Waals surface area (Å²) >= 11 is 4.24. The smallest absolute Gasteiger partial charge is 0.393 e. The summed E-state index contributed by atoms with van der Waals surface area (Å²) in [5.41, 5.74) is 2.81. The monoisotopic (exact) mass is 171 g/mol. The molecular weight excluding hydrogens is 163 g/mol. The molecule has 2 N–H and O–H groups in total. The summed E-state index contributed by atoms with van der Waals surface area (Å²) in [6.07, 6.45) is -4.35. The first kappa shape index (κ1) is 9.68. The zero-order valence-electron chi connectivity index (χ0n) is 5.62. The van der Waals surface area contributed by atoms with Crippen LogP contribution in [0.15, 0.2) is 0 Å². The van der Waals surface area contributed by atoms with Crippen molar-refractivity contribution in [3.05, 3.63) is 0 Å². The van der Waals surface area contributed by atoms with Crippen LogP contribution in [0.5, 0.6) is 0 Å². The molecule has 0 saturated carbocycles. The summed E-state index contributed by atoms with van der Waals surface area (Å²) in [6, 6.07) is 0. The van der Waals surface area contributed by atoms with Gasteiger partial charge in [-0.3, -0.25) is 0 Å². The predicted octanol–water partition coefficient (Wildman–Crippen LogP) is 1.86. The fourth-order valence-electron chi connectivity index (χ4n) is 0.140. The standard InChI is InChI=1S/C5H8F3NS/c1-4(2,3(9)10)5(6,7)8/h1-2H3,(H2,9,10). The lowest BCUT2D eigenvalue weighted by Crippen LogP contribution is -2.42. The molecule has 0 saturated heterocycles. The maximum Gasteiger partial charge on any atom is 0.400 e. The second kappa shape index (κ2) is 2.38. The van der Waals surface area contributed by atoms with Crippen LogP contribution in [0.1, 0.15) is 13.8 Å². The van der Waals surface area contributed by atoms with E-state index in [1.807, 2.05) is 0 Å². The summed E-state index contributed by atoms with van der Waals surface area (Å²) < 4.78 is 35.8. The van der Waals surface area contributed by atoms with Crippen LogP contribution in [0, 0.1) is 5.41 Å². The van der Waals surface area contributed by atoms with Crippen LogP contribution in [0.2, 0.25) is 0 Å².